The van der Waals surface area contributed by atoms with Crippen LogP contribution in [0.3, 0.4) is 0 Å². The van der Waals surface area contributed by atoms with Crippen LogP contribution in [0.1, 0.15) is 19.8 Å². The first-order chi connectivity index (χ1) is 4.33. The third kappa shape index (κ3) is 1.68. The van der Waals surface area contributed by atoms with Gasteiger partial charge in [0.05, 0.1) is 0 Å². The van der Waals surface area contributed by atoms with Gasteiger partial charge in [0.25, 0.3) is 0 Å². The van der Waals surface area contributed by atoms with Crippen molar-refractivity contribution in [1.29, 1.82) is 0 Å². The Hall–Kier alpha value is -0.560. The molecule has 0 bridgehead atoms. The summed E-state index contributed by atoms with van der Waals surface area (Å²) in [5.41, 5.74) is 7.10. The molecule has 1 aliphatic carbocycles. The van der Waals surface area contributed by atoms with Crippen LogP contribution in [-0.4, -0.2) is 6.04 Å². The summed E-state index contributed by atoms with van der Waals surface area (Å²) in [6.45, 7) is 2.16. The zero-order valence-electron chi connectivity index (χ0n) is 5.80. The van der Waals surface area contributed by atoms with E-state index in [2.05, 4.69) is 19.1 Å². The Morgan fingerprint density at radius 2 is 2.56 bits per heavy atom. The largest absolute Gasteiger partial charge is 0.321 e. The minimum absolute atomic E-state index is 0.175. The molecule has 0 aromatic rings. The fourth-order valence-corrected chi connectivity index (χ4v) is 1.03. The van der Waals surface area contributed by atoms with Crippen LogP contribution >= 0.6 is 0 Å². The van der Waals surface area contributed by atoms with Gasteiger partial charge in [0.1, 0.15) is 0 Å². The number of rotatable bonds is 1. The molecular formula is C8H13N. The second-order valence-electron chi connectivity index (χ2n) is 2.39. The second kappa shape index (κ2) is 2.83. The molecule has 0 aromatic heterocycles. The minimum Gasteiger partial charge on any atom is -0.321 e. The van der Waals surface area contributed by atoms with E-state index in [9.17, 15) is 0 Å². The highest BCUT2D eigenvalue weighted by atomic mass is 14.6. The van der Waals surface area contributed by atoms with Crippen molar-refractivity contribution in [2.75, 3.05) is 0 Å². The molecule has 1 aliphatic rings. The lowest BCUT2D eigenvalue weighted by Crippen LogP contribution is -2.15. The Bertz CT molecular complexity index is 145. The third-order valence-electron chi connectivity index (χ3n) is 1.62. The summed E-state index contributed by atoms with van der Waals surface area (Å²) in [4.78, 5) is 0. The quantitative estimate of drug-likeness (QED) is 0.527. The summed E-state index contributed by atoms with van der Waals surface area (Å²) in [5.74, 6) is 0. The van der Waals surface area contributed by atoms with Gasteiger partial charge in [0.2, 0.25) is 0 Å². The molecule has 0 aliphatic heterocycles. The Morgan fingerprint density at radius 3 is 3.00 bits per heavy atom. The highest BCUT2D eigenvalue weighted by Gasteiger charge is 2.00. The number of allylic oxidation sites excluding steroid dienone is 2. The summed E-state index contributed by atoms with van der Waals surface area (Å²) in [5, 5.41) is 0. The summed E-state index contributed by atoms with van der Waals surface area (Å²) in [6.07, 6.45) is 8.56. The van der Waals surface area contributed by atoms with Gasteiger partial charge >= 0.3 is 0 Å². The van der Waals surface area contributed by atoms with Gasteiger partial charge in [-0.05, 0) is 12.8 Å². The molecule has 0 amide bonds. The molecule has 1 atom stereocenters. The molecule has 0 saturated carbocycles. The molecule has 1 heteroatoms. The van der Waals surface area contributed by atoms with E-state index < -0.39 is 0 Å². The van der Waals surface area contributed by atoms with Crippen LogP contribution in [0.5, 0.6) is 0 Å². The summed E-state index contributed by atoms with van der Waals surface area (Å²) >= 11 is 0. The molecule has 0 aromatic carbocycles. The van der Waals surface area contributed by atoms with Crippen molar-refractivity contribution in [3.05, 3.63) is 23.8 Å². The van der Waals surface area contributed by atoms with Gasteiger partial charge in [0, 0.05) is 6.04 Å². The van der Waals surface area contributed by atoms with Gasteiger partial charge in [-0.15, -0.1) is 0 Å². The van der Waals surface area contributed by atoms with Gasteiger partial charge in [0.15, 0.2) is 0 Å². The van der Waals surface area contributed by atoms with E-state index in [0.29, 0.717) is 0 Å². The molecule has 0 radical (unpaired) electrons. The van der Waals surface area contributed by atoms with E-state index in [4.69, 9.17) is 5.73 Å². The van der Waals surface area contributed by atoms with Crippen molar-refractivity contribution in [1.82, 2.24) is 0 Å². The average molecular weight is 123 g/mol. The van der Waals surface area contributed by atoms with Crippen LogP contribution in [0.25, 0.3) is 0 Å². The van der Waals surface area contributed by atoms with Gasteiger partial charge in [-0.1, -0.05) is 30.7 Å². The lowest BCUT2D eigenvalue weighted by molar-refractivity contribution is 0.915. The van der Waals surface area contributed by atoms with Gasteiger partial charge in [-0.2, -0.15) is 0 Å². The first-order valence-corrected chi connectivity index (χ1v) is 3.44. The molecule has 2 N–H and O–H groups in total. The van der Waals surface area contributed by atoms with Crippen LogP contribution in [0.15, 0.2) is 23.8 Å². The fraction of sp³-hybridized carbons (Fsp3) is 0.500. The van der Waals surface area contributed by atoms with Crippen LogP contribution in [0.2, 0.25) is 0 Å². The van der Waals surface area contributed by atoms with E-state index in [-0.39, 0.29) is 6.04 Å². The normalized spacial score (nSPS) is 26.0. The van der Waals surface area contributed by atoms with Crippen molar-refractivity contribution in [2.24, 2.45) is 5.73 Å². The highest BCUT2D eigenvalue weighted by molar-refractivity contribution is 5.20. The lowest BCUT2D eigenvalue weighted by atomic mass is 10.0. The van der Waals surface area contributed by atoms with E-state index >= 15 is 0 Å². The van der Waals surface area contributed by atoms with Crippen LogP contribution < -0.4 is 5.73 Å². The molecule has 1 unspecified atom stereocenters. The average Bonchev–Trinajstić information content (AvgIpc) is 1.88. The van der Waals surface area contributed by atoms with Crippen molar-refractivity contribution < 1.29 is 0 Å². The zero-order chi connectivity index (χ0) is 6.69. The standard InChI is InChI=1S/C8H13N/c1-2-7-4-3-5-8(9)6-7/h3,5-6,8H,2,4,9H2,1H3. The zero-order valence-corrected chi connectivity index (χ0v) is 5.80. The Labute approximate surface area is 56.2 Å². The molecule has 0 heterocycles. The first kappa shape index (κ1) is 6.56. The highest BCUT2D eigenvalue weighted by Crippen LogP contribution is 2.12. The fourth-order valence-electron chi connectivity index (χ4n) is 1.03. The molecule has 0 saturated heterocycles. The summed E-state index contributed by atoms with van der Waals surface area (Å²) < 4.78 is 0. The minimum atomic E-state index is 0.175. The van der Waals surface area contributed by atoms with Gasteiger partial charge < -0.3 is 5.73 Å². The molecule has 50 valence electrons. The molecule has 0 spiro atoms. The lowest BCUT2D eigenvalue weighted by Gasteiger charge is -2.09. The summed E-state index contributed by atoms with van der Waals surface area (Å²) in [6, 6.07) is 0.175. The van der Waals surface area contributed by atoms with E-state index in [1.54, 1.807) is 0 Å². The van der Waals surface area contributed by atoms with Crippen molar-refractivity contribution >= 4 is 0 Å². The molecular weight excluding hydrogens is 110 g/mol. The number of hydrogen-bond donors (Lipinski definition) is 1. The molecule has 1 rings (SSSR count). The summed E-state index contributed by atoms with van der Waals surface area (Å²) in [7, 11) is 0. The van der Waals surface area contributed by atoms with E-state index in [1.807, 2.05) is 6.08 Å². The van der Waals surface area contributed by atoms with Crippen LogP contribution in [-0.2, 0) is 0 Å². The first-order valence-electron chi connectivity index (χ1n) is 3.44. The maximum absolute atomic E-state index is 5.64. The number of nitrogens with two attached hydrogens (primary N) is 1. The predicted octanol–water partition coefficient (Wildman–Crippen LogP) is 1.61. The van der Waals surface area contributed by atoms with Crippen LogP contribution in [0, 0.1) is 0 Å². The molecule has 0 fully saturated rings. The van der Waals surface area contributed by atoms with Gasteiger partial charge in [-0.3, -0.25) is 0 Å². The Kier molecular flexibility index (Phi) is 2.06. The maximum atomic E-state index is 5.64. The SMILES string of the molecule is CCC1=CC(N)C=CC1. The molecule has 9 heavy (non-hydrogen) atoms. The second-order valence-corrected chi connectivity index (χ2v) is 2.39. The third-order valence-corrected chi connectivity index (χ3v) is 1.62. The predicted molar refractivity (Wildman–Crippen MR) is 40.1 cm³/mol. The van der Waals surface area contributed by atoms with Crippen molar-refractivity contribution in [2.45, 2.75) is 25.8 Å². The van der Waals surface area contributed by atoms with Crippen molar-refractivity contribution in [3.63, 3.8) is 0 Å². The maximum Gasteiger partial charge on any atom is 0.0413 e. The smallest absolute Gasteiger partial charge is 0.0413 e. The topological polar surface area (TPSA) is 26.0 Å². The number of hydrogen-bond acceptors (Lipinski definition) is 1. The van der Waals surface area contributed by atoms with Gasteiger partial charge in [-0.25, -0.2) is 0 Å². The van der Waals surface area contributed by atoms with Crippen molar-refractivity contribution in [3.8, 4) is 0 Å². The van der Waals surface area contributed by atoms with E-state index in [1.165, 1.54) is 5.57 Å². The van der Waals surface area contributed by atoms with Crippen LogP contribution in [0.4, 0.5) is 0 Å². The Morgan fingerprint density at radius 1 is 1.78 bits per heavy atom. The Balaban J connectivity index is 2.55. The monoisotopic (exact) mass is 123 g/mol. The molecule has 1 nitrogen and oxygen atoms in total. The van der Waals surface area contributed by atoms with E-state index in [0.717, 1.165) is 12.8 Å².